The van der Waals surface area contributed by atoms with E-state index in [0.29, 0.717) is 0 Å². The van der Waals surface area contributed by atoms with Crippen molar-refractivity contribution in [3.05, 3.63) is 36.0 Å². The van der Waals surface area contributed by atoms with Crippen molar-refractivity contribution in [1.82, 2.24) is 26.3 Å². The van der Waals surface area contributed by atoms with Crippen LogP contribution in [0.4, 0.5) is 0 Å². The van der Waals surface area contributed by atoms with Gasteiger partial charge in [0, 0.05) is 30.4 Å². The maximum atomic E-state index is 13.2. The second kappa shape index (κ2) is 13.2. The fourth-order valence-corrected chi connectivity index (χ4v) is 3.80. The van der Waals surface area contributed by atoms with Gasteiger partial charge in [-0.3, -0.25) is 24.0 Å². The van der Waals surface area contributed by atoms with Gasteiger partial charge in [-0.15, -0.1) is 0 Å². The smallest absolute Gasteiger partial charge is 0.326 e. The average molecular weight is 532 g/mol. The van der Waals surface area contributed by atoms with E-state index in [-0.39, 0.29) is 6.42 Å². The Morgan fingerprint density at radius 3 is 2.08 bits per heavy atom. The normalized spacial score (nSPS) is 14.1. The molecule has 0 radical (unpaired) electrons. The Labute approximate surface area is 218 Å². The topological polar surface area (TPSA) is 207 Å². The molecule has 13 nitrogen and oxygen atoms in total. The summed E-state index contributed by atoms with van der Waals surface area (Å²) in [4.78, 5) is 75.5. The van der Waals surface area contributed by atoms with Gasteiger partial charge in [0.25, 0.3) is 0 Å². The molecule has 0 aliphatic carbocycles. The minimum atomic E-state index is -1.68. The second-order valence-electron chi connectivity index (χ2n) is 9.27. The number of carboxylic acid groups (broad SMARTS) is 2. The summed E-state index contributed by atoms with van der Waals surface area (Å²) in [6, 6.07) is 2.48. The number of aliphatic carboxylic acids is 2. The maximum absolute atomic E-state index is 13.2. The number of aromatic nitrogens is 1. The van der Waals surface area contributed by atoms with Crippen LogP contribution in [0.5, 0.6) is 0 Å². The van der Waals surface area contributed by atoms with Crippen LogP contribution in [0.2, 0.25) is 0 Å². The van der Waals surface area contributed by atoms with E-state index in [0.717, 1.165) is 16.5 Å². The fourth-order valence-electron chi connectivity index (χ4n) is 3.80. The molecule has 13 heteroatoms. The van der Waals surface area contributed by atoms with E-state index >= 15 is 0 Å². The molecule has 4 atom stereocenters. The zero-order chi connectivity index (χ0) is 28.6. The Bertz CT molecular complexity index is 1210. The predicted octanol–water partition coefficient (Wildman–Crippen LogP) is -0.0953. The Kier molecular flexibility index (Phi) is 10.4. The van der Waals surface area contributed by atoms with Gasteiger partial charge in [-0.05, 0) is 24.5 Å². The summed E-state index contributed by atoms with van der Waals surface area (Å²) in [7, 11) is 0. The number of H-pyrrole nitrogens is 1. The molecule has 0 spiro atoms. The zero-order valence-electron chi connectivity index (χ0n) is 21.5. The van der Waals surface area contributed by atoms with Crippen LogP contribution in [-0.4, -0.2) is 74.9 Å². The first kappa shape index (κ1) is 29.8. The van der Waals surface area contributed by atoms with Crippen LogP contribution in [-0.2, 0) is 35.2 Å². The highest BCUT2D eigenvalue weighted by atomic mass is 16.4. The van der Waals surface area contributed by atoms with Crippen LogP contribution in [0.15, 0.2) is 30.5 Å². The third-order valence-corrected chi connectivity index (χ3v) is 5.79. The van der Waals surface area contributed by atoms with Crippen molar-refractivity contribution in [3.8, 4) is 0 Å². The van der Waals surface area contributed by atoms with E-state index in [1.165, 1.54) is 13.8 Å². The summed E-state index contributed by atoms with van der Waals surface area (Å²) in [6.45, 7) is 5.92. The standard InChI is InChI=1S/C25H33N5O8/c1-12(2)21(24(36)27-13(3)22(34)29-19(25(37)38)10-20(32)33)30-23(35)18(28-14(4)31)9-15-11-26-17-8-6-5-7-16(15)17/h5-8,11-13,18-19,21,26H,9-10H2,1-4H3,(H,27,36)(H,28,31)(H,29,34)(H,30,35)(H,32,33)(H,37,38)/t13-,18-,19-,21-/m0/s1. The number of amides is 4. The molecule has 0 saturated heterocycles. The lowest BCUT2D eigenvalue weighted by molar-refractivity contribution is -0.147. The van der Waals surface area contributed by atoms with Crippen molar-refractivity contribution in [3.63, 3.8) is 0 Å². The van der Waals surface area contributed by atoms with E-state index in [1.807, 2.05) is 24.3 Å². The summed E-state index contributed by atoms with van der Waals surface area (Å²) < 4.78 is 0. The van der Waals surface area contributed by atoms with Crippen LogP contribution in [0.25, 0.3) is 10.9 Å². The lowest BCUT2D eigenvalue weighted by atomic mass is 10.0. The third-order valence-electron chi connectivity index (χ3n) is 5.79. The largest absolute Gasteiger partial charge is 0.481 e. The molecule has 0 aliphatic heterocycles. The fraction of sp³-hybridized carbons (Fsp3) is 0.440. The van der Waals surface area contributed by atoms with Crippen molar-refractivity contribution in [2.75, 3.05) is 0 Å². The number of carbonyl (C=O) groups excluding carboxylic acids is 4. The SMILES string of the molecule is CC(=O)N[C@@H](Cc1c[nH]c2ccccc12)C(=O)N[C@H](C(=O)N[C@@H](C)C(=O)N[C@@H](CC(=O)O)C(=O)O)C(C)C. The summed E-state index contributed by atoms with van der Waals surface area (Å²) in [5.74, 6) is -6.03. The van der Waals surface area contributed by atoms with E-state index in [2.05, 4.69) is 26.3 Å². The average Bonchev–Trinajstić information content (AvgIpc) is 3.23. The van der Waals surface area contributed by atoms with E-state index in [9.17, 15) is 28.8 Å². The zero-order valence-corrected chi connectivity index (χ0v) is 21.5. The van der Waals surface area contributed by atoms with Gasteiger partial charge in [0.2, 0.25) is 23.6 Å². The summed E-state index contributed by atoms with van der Waals surface area (Å²) >= 11 is 0. The van der Waals surface area contributed by atoms with E-state index in [4.69, 9.17) is 10.2 Å². The molecule has 4 amide bonds. The van der Waals surface area contributed by atoms with Gasteiger partial charge in [0.05, 0.1) is 6.42 Å². The molecule has 206 valence electrons. The number of fused-ring (bicyclic) bond motifs is 1. The van der Waals surface area contributed by atoms with Crippen LogP contribution in [0.1, 0.15) is 39.7 Å². The van der Waals surface area contributed by atoms with E-state index in [1.54, 1.807) is 20.0 Å². The molecule has 2 aromatic rings. The molecule has 0 unspecified atom stereocenters. The third kappa shape index (κ3) is 8.32. The maximum Gasteiger partial charge on any atom is 0.326 e. The number of rotatable bonds is 13. The summed E-state index contributed by atoms with van der Waals surface area (Å²) in [6.07, 6.45) is 1.06. The van der Waals surface area contributed by atoms with Crippen molar-refractivity contribution in [2.24, 2.45) is 5.92 Å². The molecule has 1 heterocycles. The Morgan fingerprint density at radius 2 is 1.50 bits per heavy atom. The number of benzene rings is 1. The molecule has 7 N–H and O–H groups in total. The lowest BCUT2D eigenvalue weighted by Crippen LogP contribution is -2.58. The Hall–Kier alpha value is -4.42. The number of aromatic amines is 1. The molecule has 2 rings (SSSR count). The molecule has 1 aromatic carbocycles. The molecule has 0 aliphatic rings. The number of nitrogens with one attached hydrogen (secondary N) is 5. The van der Waals surface area contributed by atoms with Gasteiger partial charge in [0.15, 0.2) is 0 Å². The molecule has 38 heavy (non-hydrogen) atoms. The highest BCUT2D eigenvalue weighted by Gasteiger charge is 2.31. The van der Waals surface area contributed by atoms with E-state index < -0.39 is 72.1 Å². The second-order valence-corrected chi connectivity index (χ2v) is 9.27. The highest BCUT2D eigenvalue weighted by Crippen LogP contribution is 2.19. The monoisotopic (exact) mass is 531 g/mol. The predicted molar refractivity (Wildman–Crippen MR) is 136 cm³/mol. The molecule has 0 fully saturated rings. The Balaban J connectivity index is 2.12. The van der Waals surface area contributed by atoms with Crippen LogP contribution >= 0.6 is 0 Å². The first-order valence-corrected chi connectivity index (χ1v) is 12.0. The molecule has 0 bridgehead atoms. The molecule has 1 aromatic heterocycles. The summed E-state index contributed by atoms with van der Waals surface area (Å²) in [5, 5.41) is 28.6. The first-order chi connectivity index (χ1) is 17.8. The van der Waals surface area contributed by atoms with Crippen molar-refractivity contribution < 1.29 is 39.0 Å². The van der Waals surface area contributed by atoms with Crippen LogP contribution in [0, 0.1) is 5.92 Å². The van der Waals surface area contributed by atoms with Gasteiger partial charge in [-0.2, -0.15) is 0 Å². The first-order valence-electron chi connectivity index (χ1n) is 12.0. The van der Waals surface area contributed by atoms with Gasteiger partial charge in [-0.1, -0.05) is 32.0 Å². The van der Waals surface area contributed by atoms with Crippen LogP contribution < -0.4 is 21.3 Å². The molecular weight excluding hydrogens is 498 g/mol. The number of para-hydroxylation sites is 1. The number of hydrogen-bond donors (Lipinski definition) is 7. The quantitative estimate of drug-likeness (QED) is 0.185. The van der Waals surface area contributed by atoms with Crippen molar-refractivity contribution >= 4 is 46.5 Å². The molecular formula is C25H33N5O8. The number of carboxylic acids is 2. The van der Waals surface area contributed by atoms with Gasteiger partial charge in [-0.25, -0.2) is 4.79 Å². The summed E-state index contributed by atoms with van der Waals surface area (Å²) in [5.41, 5.74) is 1.66. The number of carbonyl (C=O) groups is 6. The molecule has 0 saturated carbocycles. The lowest BCUT2D eigenvalue weighted by Gasteiger charge is -2.26. The van der Waals surface area contributed by atoms with Crippen molar-refractivity contribution in [1.29, 1.82) is 0 Å². The number of hydrogen-bond acceptors (Lipinski definition) is 6. The minimum absolute atomic E-state index is 0.154. The Morgan fingerprint density at radius 1 is 0.842 bits per heavy atom. The van der Waals surface area contributed by atoms with Gasteiger partial charge < -0.3 is 36.5 Å². The van der Waals surface area contributed by atoms with Crippen molar-refractivity contribution in [2.45, 2.75) is 64.7 Å². The van der Waals surface area contributed by atoms with Gasteiger partial charge >= 0.3 is 11.9 Å². The highest BCUT2D eigenvalue weighted by molar-refractivity contribution is 5.95. The minimum Gasteiger partial charge on any atom is -0.481 e. The van der Waals surface area contributed by atoms with Gasteiger partial charge in [0.1, 0.15) is 24.2 Å². The van der Waals surface area contributed by atoms with Crippen LogP contribution in [0.3, 0.4) is 0 Å².